The summed E-state index contributed by atoms with van der Waals surface area (Å²) in [5, 5.41) is 7.54. The molecule has 0 spiro atoms. The number of benzene rings is 2. The lowest BCUT2D eigenvalue weighted by Gasteiger charge is -2.28. The number of hydrogen-bond donors (Lipinski definition) is 1. The molecule has 0 saturated carbocycles. The molecule has 0 unspecified atom stereocenters. The number of ether oxygens (including phenoxy) is 1. The minimum absolute atomic E-state index is 0.177. The molecule has 0 fully saturated rings. The van der Waals surface area contributed by atoms with Gasteiger partial charge in [-0.05, 0) is 35.6 Å². The van der Waals surface area contributed by atoms with Crippen LogP contribution in [0.4, 0.5) is 13.2 Å². The lowest BCUT2D eigenvalue weighted by molar-refractivity contribution is 0.0922. The summed E-state index contributed by atoms with van der Waals surface area (Å²) >= 11 is 0. The zero-order chi connectivity index (χ0) is 25.8. The molecule has 0 saturated heterocycles. The molecule has 2 aromatic carbocycles. The zero-order valence-electron chi connectivity index (χ0n) is 20.5. The zero-order valence-corrected chi connectivity index (χ0v) is 20.5. The summed E-state index contributed by atoms with van der Waals surface area (Å²) in [4.78, 5) is 13.6. The van der Waals surface area contributed by atoms with Gasteiger partial charge in [0.05, 0.1) is 41.2 Å². The van der Waals surface area contributed by atoms with Gasteiger partial charge in [-0.3, -0.25) is 4.79 Å². The van der Waals surface area contributed by atoms with Crippen LogP contribution in [0, 0.1) is 24.4 Å². The largest absolute Gasteiger partial charge is 0.493 e. The minimum Gasteiger partial charge on any atom is -0.493 e. The molecule has 36 heavy (non-hydrogen) atoms. The molecule has 0 aliphatic carbocycles. The van der Waals surface area contributed by atoms with E-state index >= 15 is 0 Å². The van der Waals surface area contributed by atoms with E-state index in [4.69, 9.17) is 4.74 Å². The lowest BCUT2D eigenvalue weighted by Crippen LogP contribution is -2.34. The first-order valence-corrected chi connectivity index (χ1v) is 11.8. The molecular weight excluding hydrogens is 467 g/mol. The Morgan fingerprint density at radius 1 is 1.11 bits per heavy atom. The van der Waals surface area contributed by atoms with Crippen LogP contribution >= 0.6 is 0 Å². The van der Waals surface area contributed by atoms with E-state index in [2.05, 4.69) is 10.4 Å². The first-order chi connectivity index (χ1) is 17.1. The van der Waals surface area contributed by atoms with Gasteiger partial charge in [0.2, 0.25) is 0 Å². The topological polar surface area (TPSA) is 55.6 Å². The number of para-hydroxylation sites is 1. The summed E-state index contributed by atoms with van der Waals surface area (Å²) in [6.07, 6.45) is 2.05. The van der Waals surface area contributed by atoms with Crippen LogP contribution in [0.1, 0.15) is 60.3 Å². The maximum atomic E-state index is 14.7. The van der Waals surface area contributed by atoms with Crippen LogP contribution in [0.5, 0.6) is 5.75 Å². The summed E-state index contributed by atoms with van der Waals surface area (Å²) in [7, 11) is 0. The quantitative estimate of drug-likeness (QED) is 0.366. The molecule has 4 aromatic rings. The van der Waals surface area contributed by atoms with E-state index in [1.807, 2.05) is 45.0 Å². The maximum Gasteiger partial charge on any atom is 0.253 e. The number of nitrogens with zero attached hydrogens (tertiary/aromatic N) is 2. The van der Waals surface area contributed by atoms with Crippen molar-refractivity contribution in [3.63, 3.8) is 0 Å². The lowest BCUT2D eigenvalue weighted by atomic mass is 9.83. The van der Waals surface area contributed by atoms with Gasteiger partial charge in [0.25, 0.3) is 5.91 Å². The number of halogens is 3. The Hall–Kier alpha value is -3.81. The first-order valence-electron chi connectivity index (χ1n) is 11.8. The number of aryl methyl sites for hydroxylation is 1. The number of amides is 1. The Kier molecular flexibility index (Phi) is 5.77. The molecular formula is C28H26F3N3O2. The van der Waals surface area contributed by atoms with Gasteiger partial charge in [0, 0.05) is 24.1 Å². The third kappa shape index (κ3) is 4.00. The molecule has 1 amide bonds. The van der Waals surface area contributed by atoms with Crippen molar-refractivity contribution < 1.29 is 22.7 Å². The van der Waals surface area contributed by atoms with Crippen molar-refractivity contribution in [2.24, 2.45) is 0 Å². The smallest absolute Gasteiger partial charge is 0.253 e. The average Bonchev–Trinajstić information content (AvgIpc) is 3.13. The van der Waals surface area contributed by atoms with Crippen LogP contribution in [0.15, 0.2) is 48.7 Å². The standard InChI is InChI=1S/C28H26F3N3O2/c1-15-11-22-25(28(2,3)4)18(27(35)33-21-9-10-36-23-8-6-5-7-17(21)23)14-32-34(22)26(15)24-19(30)12-16(29)13-20(24)31/h5-8,11-14,21H,9-10H2,1-4H3,(H,33,35)/t21-/m0/s1. The number of carbonyl (C=O) groups is 1. The number of hydrogen-bond acceptors (Lipinski definition) is 3. The van der Waals surface area contributed by atoms with Gasteiger partial charge < -0.3 is 10.1 Å². The Morgan fingerprint density at radius 2 is 1.81 bits per heavy atom. The molecule has 5 rings (SSSR count). The second-order valence-corrected chi connectivity index (χ2v) is 10.1. The average molecular weight is 494 g/mol. The summed E-state index contributed by atoms with van der Waals surface area (Å²) in [5.74, 6) is -2.58. The second-order valence-electron chi connectivity index (χ2n) is 10.1. The van der Waals surface area contributed by atoms with Gasteiger partial charge in [0.1, 0.15) is 23.2 Å². The maximum absolute atomic E-state index is 14.7. The third-order valence-corrected chi connectivity index (χ3v) is 6.50. The van der Waals surface area contributed by atoms with E-state index in [1.165, 1.54) is 10.7 Å². The van der Waals surface area contributed by atoms with Crippen molar-refractivity contribution in [2.45, 2.75) is 45.6 Å². The van der Waals surface area contributed by atoms with Crippen molar-refractivity contribution in [3.8, 4) is 17.0 Å². The predicted molar refractivity (Wildman–Crippen MR) is 131 cm³/mol. The highest BCUT2D eigenvalue weighted by molar-refractivity contribution is 5.98. The highest BCUT2D eigenvalue weighted by atomic mass is 19.1. The summed E-state index contributed by atoms with van der Waals surface area (Å²) in [6.45, 7) is 8.08. The van der Waals surface area contributed by atoms with Crippen LogP contribution in [0.2, 0.25) is 0 Å². The number of nitrogens with one attached hydrogen (secondary N) is 1. The first kappa shape index (κ1) is 23.9. The van der Waals surface area contributed by atoms with Crippen molar-refractivity contribution in [2.75, 3.05) is 6.61 Å². The number of aromatic nitrogens is 2. The van der Waals surface area contributed by atoms with Crippen LogP contribution < -0.4 is 10.1 Å². The van der Waals surface area contributed by atoms with Crippen LogP contribution in [-0.2, 0) is 5.41 Å². The molecule has 0 radical (unpaired) electrons. The van der Waals surface area contributed by atoms with E-state index in [1.54, 1.807) is 13.0 Å². The van der Waals surface area contributed by atoms with Gasteiger partial charge in [-0.2, -0.15) is 5.10 Å². The molecule has 3 heterocycles. The van der Waals surface area contributed by atoms with E-state index in [-0.39, 0.29) is 23.2 Å². The number of carbonyl (C=O) groups excluding carboxylic acids is 1. The molecule has 1 aliphatic rings. The van der Waals surface area contributed by atoms with Crippen LogP contribution in [0.3, 0.4) is 0 Å². The fraction of sp³-hybridized carbons (Fsp3) is 0.286. The molecule has 1 aliphatic heterocycles. The minimum atomic E-state index is -1.02. The Bertz CT molecular complexity index is 1480. The predicted octanol–water partition coefficient (Wildman–Crippen LogP) is 6.28. The van der Waals surface area contributed by atoms with Crippen LogP contribution in [-0.4, -0.2) is 22.1 Å². The normalized spacial score (nSPS) is 15.5. The van der Waals surface area contributed by atoms with Crippen molar-refractivity contribution in [1.82, 2.24) is 14.9 Å². The van der Waals surface area contributed by atoms with Gasteiger partial charge >= 0.3 is 0 Å². The summed E-state index contributed by atoms with van der Waals surface area (Å²) in [6, 6.07) is 10.4. The SMILES string of the molecule is Cc1cc2c(C(C)(C)C)c(C(=O)N[C@H]3CCOc4ccccc43)cnn2c1-c1c(F)cc(F)cc1F. The molecule has 1 atom stereocenters. The molecule has 8 heteroatoms. The Labute approximate surface area is 206 Å². The molecule has 5 nitrogen and oxygen atoms in total. The molecule has 0 bridgehead atoms. The monoisotopic (exact) mass is 493 g/mol. The summed E-state index contributed by atoms with van der Waals surface area (Å²) < 4.78 is 50.1. The fourth-order valence-corrected chi connectivity index (χ4v) is 5.00. The Morgan fingerprint density at radius 3 is 2.50 bits per heavy atom. The molecule has 2 aromatic heterocycles. The fourth-order valence-electron chi connectivity index (χ4n) is 5.00. The summed E-state index contributed by atoms with van der Waals surface area (Å²) in [5.41, 5.74) is 2.38. The number of fused-ring (bicyclic) bond motifs is 2. The van der Waals surface area contributed by atoms with Gasteiger partial charge in [-0.25, -0.2) is 17.7 Å². The van der Waals surface area contributed by atoms with Gasteiger partial charge in [-0.15, -0.1) is 0 Å². The van der Waals surface area contributed by atoms with Gasteiger partial charge in [-0.1, -0.05) is 39.0 Å². The Balaban J connectivity index is 1.64. The highest BCUT2D eigenvalue weighted by Gasteiger charge is 2.31. The van der Waals surface area contributed by atoms with E-state index < -0.39 is 22.9 Å². The van der Waals surface area contributed by atoms with Gasteiger partial charge in [0.15, 0.2) is 0 Å². The number of rotatable bonds is 3. The van der Waals surface area contributed by atoms with Crippen molar-refractivity contribution in [1.29, 1.82) is 0 Å². The second kappa shape index (κ2) is 8.69. The van der Waals surface area contributed by atoms with Crippen molar-refractivity contribution >= 4 is 11.4 Å². The third-order valence-electron chi connectivity index (χ3n) is 6.50. The van der Waals surface area contributed by atoms with E-state index in [0.29, 0.717) is 47.4 Å². The van der Waals surface area contributed by atoms with Crippen LogP contribution in [0.25, 0.3) is 16.8 Å². The highest BCUT2D eigenvalue weighted by Crippen LogP contribution is 2.37. The molecule has 186 valence electrons. The molecule has 1 N–H and O–H groups in total. The van der Waals surface area contributed by atoms with Crippen molar-refractivity contribution in [3.05, 3.63) is 88.4 Å². The van der Waals surface area contributed by atoms with E-state index in [0.717, 1.165) is 11.3 Å². The van der Waals surface area contributed by atoms with E-state index in [9.17, 15) is 18.0 Å².